The first-order valence-electron chi connectivity index (χ1n) is 13.0. The number of pyridine rings is 3. The zero-order valence-electron chi connectivity index (χ0n) is 21.5. The Bertz CT molecular complexity index is 1290. The van der Waals surface area contributed by atoms with Gasteiger partial charge in [0.05, 0.1) is 22.4 Å². The highest BCUT2D eigenvalue weighted by molar-refractivity contribution is 5.84. The van der Waals surface area contributed by atoms with Crippen molar-refractivity contribution < 1.29 is 0 Å². The Kier molecular flexibility index (Phi) is 7.65. The van der Waals surface area contributed by atoms with E-state index in [1.54, 1.807) is 0 Å². The lowest BCUT2D eigenvalue weighted by Crippen LogP contribution is -2.49. The van der Waals surface area contributed by atoms with Gasteiger partial charge >= 0.3 is 0 Å². The average molecular weight is 485 g/mol. The number of H-pyrrole nitrogens is 1. The number of hydrogen-bond acceptors (Lipinski definition) is 7. The van der Waals surface area contributed by atoms with E-state index in [4.69, 9.17) is 4.98 Å². The van der Waals surface area contributed by atoms with Crippen LogP contribution in [0.3, 0.4) is 0 Å². The lowest BCUT2D eigenvalue weighted by atomic mass is 10.1. The van der Waals surface area contributed by atoms with Crippen LogP contribution in [0.15, 0.2) is 48.8 Å². The normalized spacial score (nSPS) is 15.2. The number of fused-ring (bicyclic) bond motifs is 1. The van der Waals surface area contributed by atoms with Gasteiger partial charge in [-0.1, -0.05) is 6.07 Å². The highest BCUT2D eigenvalue weighted by Crippen LogP contribution is 2.29. The van der Waals surface area contributed by atoms with Crippen molar-refractivity contribution in [3.63, 3.8) is 0 Å². The monoisotopic (exact) mass is 484 g/mol. The summed E-state index contributed by atoms with van der Waals surface area (Å²) >= 11 is 0. The van der Waals surface area contributed by atoms with E-state index >= 15 is 0 Å². The van der Waals surface area contributed by atoms with Gasteiger partial charge in [-0.25, -0.2) is 4.98 Å². The Labute approximate surface area is 213 Å². The standard InChI is InChI=1S/C28H36N8/c1-20(2)36-16-14-35(15-17-36)13-5-11-29-18-22-10-12-30-25-9-8-24(33-27(22)25)23-19-31-34-28(23)26-7-4-6-21(3)32-26/h4,6-10,12,19-20,29H,5,11,13-18H2,1-3H3,(H,31,34). The van der Waals surface area contributed by atoms with Crippen molar-refractivity contribution in [2.75, 3.05) is 39.3 Å². The lowest BCUT2D eigenvalue weighted by molar-refractivity contribution is 0.108. The van der Waals surface area contributed by atoms with Crippen LogP contribution in [0.2, 0.25) is 0 Å². The zero-order chi connectivity index (χ0) is 24.9. The second kappa shape index (κ2) is 11.2. The van der Waals surface area contributed by atoms with Gasteiger partial charge in [0.15, 0.2) is 0 Å². The minimum Gasteiger partial charge on any atom is -0.313 e. The quantitative estimate of drug-likeness (QED) is 0.349. The van der Waals surface area contributed by atoms with Gasteiger partial charge in [0.1, 0.15) is 5.69 Å². The molecule has 0 unspecified atom stereocenters. The van der Waals surface area contributed by atoms with E-state index in [9.17, 15) is 0 Å². The predicted octanol–water partition coefficient (Wildman–Crippen LogP) is 3.90. The van der Waals surface area contributed by atoms with E-state index in [-0.39, 0.29) is 0 Å². The van der Waals surface area contributed by atoms with Gasteiger partial charge in [-0.3, -0.25) is 20.0 Å². The third-order valence-corrected chi connectivity index (χ3v) is 7.00. The summed E-state index contributed by atoms with van der Waals surface area (Å²) in [6.07, 6.45) is 4.91. The number of aryl methyl sites for hydroxylation is 1. The van der Waals surface area contributed by atoms with Crippen molar-refractivity contribution in [1.82, 2.24) is 40.3 Å². The Morgan fingerprint density at radius 3 is 2.67 bits per heavy atom. The molecule has 1 saturated heterocycles. The molecule has 5 heterocycles. The van der Waals surface area contributed by atoms with Gasteiger partial charge in [0.2, 0.25) is 0 Å². The largest absolute Gasteiger partial charge is 0.313 e. The minimum atomic E-state index is 0.650. The summed E-state index contributed by atoms with van der Waals surface area (Å²) in [4.78, 5) is 19.4. The maximum absolute atomic E-state index is 5.02. The van der Waals surface area contributed by atoms with Crippen LogP contribution in [0.4, 0.5) is 0 Å². The molecular formula is C28H36N8. The molecule has 1 aliphatic rings. The van der Waals surface area contributed by atoms with Crippen LogP contribution in [0.1, 0.15) is 31.5 Å². The second-order valence-corrected chi connectivity index (χ2v) is 9.85. The van der Waals surface area contributed by atoms with Gasteiger partial charge in [-0.2, -0.15) is 5.10 Å². The van der Waals surface area contributed by atoms with Crippen molar-refractivity contribution in [2.24, 2.45) is 0 Å². The van der Waals surface area contributed by atoms with Crippen LogP contribution in [0.25, 0.3) is 33.7 Å². The van der Waals surface area contributed by atoms with Gasteiger partial charge < -0.3 is 10.2 Å². The van der Waals surface area contributed by atoms with Crippen LogP contribution in [0, 0.1) is 6.92 Å². The molecule has 0 radical (unpaired) electrons. The Morgan fingerprint density at radius 1 is 1.00 bits per heavy atom. The number of rotatable bonds is 9. The summed E-state index contributed by atoms with van der Waals surface area (Å²) in [5, 5.41) is 11.1. The molecule has 1 aliphatic heterocycles. The van der Waals surface area contributed by atoms with Crippen LogP contribution in [0.5, 0.6) is 0 Å². The summed E-state index contributed by atoms with van der Waals surface area (Å²) in [6.45, 7) is 14.2. The molecule has 0 aromatic carbocycles. The van der Waals surface area contributed by atoms with Crippen LogP contribution >= 0.6 is 0 Å². The first-order chi connectivity index (χ1) is 17.6. The van der Waals surface area contributed by atoms with Crippen molar-refractivity contribution in [3.8, 4) is 22.6 Å². The summed E-state index contributed by atoms with van der Waals surface area (Å²) in [5.74, 6) is 0. The SMILES string of the molecule is Cc1cccc(-c2n[nH]cc2-c2ccc3nccc(CNCCCN4CCN(C(C)C)CC4)c3n2)n1. The lowest BCUT2D eigenvalue weighted by Gasteiger charge is -2.36. The number of nitrogens with one attached hydrogen (secondary N) is 2. The number of piperazine rings is 1. The maximum Gasteiger partial charge on any atom is 0.120 e. The fourth-order valence-electron chi connectivity index (χ4n) is 4.88. The molecule has 5 rings (SSSR count). The molecule has 0 saturated carbocycles. The fraction of sp³-hybridized carbons (Fsp3) is 0.429. The van der Waals surface area contributed by atoms with Crippen LogP contribution in [-0.2, 0) is 6.54 Å². The van der Waals surface area contributed by atoms with Gasteiger partial charge in [0.25, 0.3) is 0 Å². The minimum absolute atomic E-state index is 0.650. The molecule has 36 heavy (non-hydrogen) atoms. The van der Waals surface area contributed by atoms with Crippen molar-refractivity contribution >= 4 is 11.0 Å². The van der Waals surface area contributed by atoms with Gasteiger partial charge in [-0.05, 0) is 76.2 Å². The van der Waals surface area contributed by atoms with E-state index in [0.29, 0.717) is 6.04 Å². The highest BCUT2D eigenvalue weighted by atomic mass is 15.3. The van der Waals surface area contributed by atoms with E-state index in [2.05, 4.69) is 55.2 Å². The summed E-state index contributed by atoms with van der Waals surface area (Å²) in [5.41, 5.74) is 7.40. The summed E-state index contributed by atoms with van der Waals surface area (Å²) in [7, 11) is 0. The average Bonchev–Trinajstić information content (AvgIpc) is 3.39. The van der Waals surface area contributed by atoms with E-state index in [0.717, 1.165) is 71.0 Å². The second-order valence-electron chi connectivity index (χ2n) is 9.85. The van der Waals surface area contributed by atoms with Gasteiger partial charge in [-0.15, -0.1) is 0 Å². The molecule has 0 atom stereocenters. The first kappa shape index (κ1) is 24.5. The smallest absolute Gasteiger partial charge is 0.120 e. The molecule has 1 fully saturated rings. The molecule has 0 amide bonds. The molecule has 8 heteroatoms. The maximum atomic E-state index is 5.02. The third kappa shape index (κ3) is 5.61. The van der Waals surface area contributed by atoms with Crippen molar-refractivity contribution in [3.05, 3.63) is 60.0 Å². The Hall–Kier alpha value is -3.20. The number of aromatic nitrogens is 5. The number of nitrogens with zero attached hydrogens (tertiary/aromatic N) is 6. The molecule has 4 aromatic heterocycles. The molecule has 0 spiro atoms. The van der Waals surface area contributed by atoms with Crippen LogP contribution in [-0.4, -0.2) is 80.3 Å². The van der Waals surface area contributed by atoms with Crippen LogP contribution < -0.4 is 5.32 Å². The number of hydrogen-bond donors (Lipinski definition) is 2. The Morgan fingerprint density at radius 2 is 1.86 bits per heavy atom. The van der Waals surface area contributed by atoms with E-state index in [1.165, 1.54) is 26.2 Å². The molecule has 8 nitrogen and oxygen atoms in total. The number of aromatic amines is 1. The zero-order valence-corrected chi connectivity index (χ0v) is 21.5. The molecule has 4 aromatic rings. The van der Waals surface area contributed by atoms with Crippen molar-refractivity contribution in [2.45, 2.75) is 39.8 Å². The summed E-state index contributed by atoms with van der Waals surface area (Å²) in [6, 6.07) is 12.7. The molecule has 2 N–H and O–H groups in total. The molecule has 0 aliphatic carbocycles. The summed E-state index contributed by atoms with van der Waals surface area (Å²) < 4.78 is 0. The molecule has 188 valence electrons. The third-order valence-electron chi connectivity index (χ3n) is 7.00. The van der Waals surface area contributed by atoms with E-state index in [1.807, 2.05) is 49.6 Å². The van der Waals surface area contributed by atoms with Crippen molar-refractivity contribution in [1.29, 1.82) is 0 Å². The first-order valence-corrected chi connectivity index (χ1v) is 13.0. The predicted molar refractivity (Wildman–Crippen MR) is 145 cm³/mol. The van der Waals surface area contributed by atoms with Gasteiger partial charge in [0, 0.05) is 62.4 Å². The fourth-order valence-corrected chi connectivity index (χ4v) is 4.88. The molecular weight excluding hydrogens is 448 g/mol. The van der Waals surface area contributed by atoms with E-state index < -0.39 is 0 Å². The molecule has 0 bridgehead atoms. The highest BCUT2D eigenvalue weighted by Gasteiger charge is 2.18. The topological polar surface area (TPSA) is 85.9 Å². The Balaban J connectivity index is 1.23.